The van der Waals surface area contributed by atoms with Gasteiger partial charge in [0.15, 0.2) is 5.82 Å². The first kappa shape index (κ1) is 10.5. The van der Waals surface area contributed by atoms with Gasteiger partial charge in [-0.15, -0.1) is 10.2 Å². The fourth-order valence-corrected chi connectivity index (χ4v) is 2.27. The van der Waals surface area contributed by atoms with Gasteiger partial charge < -0.3 is 5.32 Å². The summed E-state index contributed by atoms with van der Waals surface area (Å²) in [5, 5.41) is 15.4. The smallest absolute Gasteiger partial charge is 0.188 e. The fourth-order valence-electron chi connectivity index (χ4n) is 2.27. The van der Waals surface area contributed by atoms with Crippen LogP contribution in [-0.2, 0) is 13.6 Å². The van der Waals surface area contributed by atoms with Gasteiger partial charge in [0.1, 0.15) is 0 Å². The maximum Gasteiger partial charge on any atom is 0.188 e. The zero-order valence-corrected chi connectivity index (χ0v) is 9.64. The third kappa shape index (κ3) is 2.34. The van der Waals surface area contributed by atoms with Crippen molar-refractivity contribution in [1.29, 1.82) is 0 Å². The molecule has 1 heterocycles. The Hall–Kier alpha value is -0.970. The second kappa shape index (κ2) is 4.26. The molecular weight excluding hydrogens is 190 g/mol. The van der Waals surface area contributed by atoms with Crippen LogP contribution in [0.25, 0.3) is 0 Å². The van der Waals surface area contributed by atoms with Crippen molar-refractivity contribution in [3.05, 3.63) is 5.82 Å². The molecule has 3 atom stereocenters. The van der Waals surface area contributed by atoms with Crippen LogP contribution in [0.1, 0.15) is 32.5 Å². The molecule has 5 heteroatoms. The van der Waals surface area contributed by atoms with Gasteiger partial charge in [-0.2, -0.15) is 4.80 Å². The van der Waals surface area contributed by atoms with Gasteiger partial charge in [-0.3, -0.25) is 0 Å². The highest BCUT2D eigenvalue weighted by Crippen LogP contribution is 2.31. The molecule has 0 bridgehead atoms. The van der Waals surface area contributed by atoms with E-state index in [2.05, 4.69) is 34.6 Å². The van der Waals surface area contributed by atoms with Gasteiger partial charge in [-0.25, -0.2) is 0 Å². The minimum absolute atomic E-state index is 0.615. The number of tetrazole rings is 1. The lowest BCUT2D eigenvalue weighted by Gasteiger charge is -2.18. The highest BCUT2D eigenvalue weighted by Gasteiger charge is 2.29. The van der Waals surface area contributed by atoms with Gasteiger partial charge in [0, 0.05) is 6.04 Å². The molecule has 0 radical (unpaired) electrons. The molecule has 0 saturated heterocycles. The lowest BCUT2D eigenvalue weighted by Crippen LogP contribution is -2.32. The van der Waals surface area contributed by atoms with E-state index in [4.69, 9.17) is 0 Å². The molecule has 5 nitrogen and oxygen atoms in total. The summed E-state index contributed by atoms with van der Waals surface area (Å²) in [4.78, 5) is 1.50. The standard InChI is InChI=1S/C10H19N5/c1-7-4-5-9(8(7)2)11-6-10-12-14-15(3)13-10/h7-9,11H,4-6H2,1-3H3. The van der Waals surface area contributed by atoms with E-state index >= 15 is 0 Å². The van der Waals surface area contributed by atoms with E-state index in [1.54, 1.807) is 7.05 Å². The molecule has 1 fully saturated rings. The maximum atomic E-state index is 4.15. The largest absolute Gasteiger partial charge is 0.307 e. The van der Waals surface area contributed by atoms with Crippen molar-refractivity contribution in [2.45, 2.75) is 39.3 Å². The third-order valence-corrected chi connectivity index (χ3v) is 3.54. The first-order chi connectivity index (χ1) is 7.16. The van der Waals surface area contributed by atoms with Gasteiger partial charge in [0.25, 0.3) is 0 Å². The van der Waals surface area contributed by atoms with Crippen molar-refractivity contribution in [1.82, 2.24) is 25.5 Å². The highest BCUT2D eigenvalue weighted by atomic mass is 15.6. The van der Waals surface area contributed by atoms with Crippen molar-refractivity contribution in [2.75, 3.05) is 0 Å². The Morgan fingerprint density at radius 2 is 2.20 bits per heavy atom. The zero-order valence-electron chi connectivity index (χ0n) is 9.64. The molecule has 15 heavy (non-hydrogen) atoms. The summed E-state index contributed by atoms with van der Waals surface area (Å²) < 4.78 is 0. The molecule has 0 spiro atoms. The molecule has 0 aromatic carbocycles. The molecule has 1 N–H and O–H groups in total. The topological polar surface area (TPSA) is 55.6 Å². The van der Waals surface area contributed by atoms with E-state index < -0.39 is 0 Å². The second-order valence-corrected chi connectivity index (χ2v) is 4.60. The van der Waals surface area contributed by atoms with Crippen LogP contribution in [0, 0.1) is 11.8 Å². The van der Waals surface area contributed by atoms with Gasteiger partial charge >= 0.3 is 0 Å². The molecule has 2 rings (SSSR count). The predicted octanol–water partition coefficient (Wildman–Crippen LogP) is 0.734. The monoisotopic (exact) mass is 209 g/mol. The van der Waals surface area contributed by atoms with Crippen LogP contribution in [-0.4, -0.2) is 26.2 Å². The summed E-state index contributed by atoms with van der Waals surface area (Å²) in [6, 6.07) is 0.615. The minimum Gasteiger partial charge on any atom is -0.307 e. The Kier molecular flexibility index (Phi) is 3.00. The highest BCUT2D eigenvalue weighted by molar-refractivity contribution is 4.87. The normalized spacial score (nSPS) is 31.0. The summed E-state index contributed by atoms with van der Waals surface area (Å²) in [6.45, 7) is 5.38. The number of hydrogen-bond acceptors (Lipinski definition) is 4. The van der Waals surface area contributed by atoms with Crippen LogP contribution >= 0.6 is 0 Å². The number of nitrogens with zero attached hydrogens (tertiary/aromatic N) is 4. The molecule has 1 aromatic rings. The summed E-state index contributed by atoms with van der Waals surface area (Å²) in [5.41, 5.74) is 0. The quantitative estimate of drug-likeness (QED) is 0.797. The van der Waals surface area contributed by atoms with E-state index in [0.717, 1.165) is 24.2 Å². The van der Waals surface area contributed by atoms with Gasteiger partial charge in [-0.05, 0) is 29.9 Å². The van der Waals surface area contributed by atoms with Crippen LogP contribution in [0.2, 0.25) is 0 Å². The van der Waals surface area contributed by atoms with Crippen molar-refractivity contribution in [2.24, 2.45) is 18.9 Å². The van der Waals surface area contributed by atoms with Crippen molar-refractivity contribution in [3.63, 3.8) is 0 Å². The average Bonchev–Trinajstić information content (AvgIpc) is 2.74. The summed E-state index contributed by atoms with van der Waals surface area (Å²) in [5.74, 6) is 2.36. The van der Waals surface area contributed by atoms with Crippen LogP contribution in [0.3, 0.4) is 0 Å². The first-order valence-electron chi connectivity index (χ1n) is 5.63. The molecule has 84 valence electrons. The maximum absolute atomic E-state index is 4.15. The summed E-state index contributed by atoms with van der Waals surface area (Å²) >= 11 is 0. The third-order valence-electron chi connectivity index (χ3n) is 3.54. The first-order valence-corrected chi connectivity index (χ1v) is 5.63. The SMILES string of the molecule is CC1CCC(NCc2nnn(C)n2)C1C. The van der Waals surface area contributed by atoms with Crippen LogP contribution < -0.4 is 5.32 Å². The second-order valence-electron chi connectivity index (χ2n) is 4.60. The zero-order chi connectivity index (χ0) is 10.8. The van der Waals surface area contributed by atoms with Crippen LogP contribution in [0.4, 0.5) is 0 Å². The van der Waals surface area contributed by atoms with Crippen molar-refractivity contribution >= 4 is 0 Å². The van der Waals surface area contributed by atoms with E-state index in [1.807, 2.05) is 0 Å². The summed E-state index contributed by atoms with van der Waals surface area (Å²) in [6.07, 6.45) is 2.59. The Labute approximate surface area is 90.2 Å². The molecule has 0 amide bonds. The molecule has 1 aromatic heterocycles. The average molecular weight is 209 g/mol. The van der Waals surface area contributed by atoms with Crippen LogP contribution in [0.5, 0.6) is 0 Å². The lowest BCUT2D eigenvalue weighted by atomic mass is 9.98. The molecule has 3 unspecified atom stereocenters. The van der Waals surface area contributed by atoms with Crippen molar-refractivity contribution < 1.29 is 0 Å². The Bertz CT molecular complexity index is 321. The van der Waals surface area contributed by atoms with Crippen LogP contribution in [0.15, 0.2) is 0 Å². The van der Waals surface area contributed by atoms with E-state index in [9.17, 15) is 0 Å². The Balaban J connectivity index is 1.83. The van der Waals surface area contributed by atoms with Gasteiger partial charge in [0.05, 0.1) is 13.6 Å². The molecule has 1 saturated carbocycles. The Morgan fingerprint density at radius 3 is 2.73 bits per heavy atom. The molecular formula is C10H19N5. The number of hydrogen-bond donors (Lipinski definition) is 1. The number of rotatable bonds is 3. The molecule has 0 aliphatic heterocycles. The van der Waals surface area contributed by atoms with Crippen molar-refractivity contribution in [3.8, 4) is 0 Å². The van der Waals surface area contributed by atoms with Gasteiger partial charge in [-0.1, -0.05) is 13.8 Å². The number of aryl methyl sites for hydroxylation is 1. The summed E-state index contributed by atoms with van der Waals surface area (Å²) in [7, 11) is 1.79. The van der Waals surface area contributed by atoms with E-state index in [1.165, 1.54) is 17.6 Å². The van der Waals surface area contributed by atoms with Gasteiger partial charge in [0.2, 0.25) is 0 Å². The predicted molar refractivity (Wildman–Crippen MR) is 57.0 cm³/mol. The number of nitrogens with one attached hydrogen (secondary N) is 1. The van der Waals surface area contributed by atoms with E-state index in [-0.39, 0.29) is 0 Å². The lowest BCUT2D eigenvalue weighted by molar-refractivity contribution is 0.367. The Morgan fingerprint density at radius 1 is 1.40 bits per heavy atom. The molecule has 1 aliphatic carbocycles. The van der Waals surface area contributed by atoms with E-state index in [0.29, 0.717) is 6.04 Å². The molecule has 1 aliphatic rings. The fraction of sp³-hybridized carbons (Fsp3) is 0.900. The minimum atomic E-state index is 0.615. The number of aromatic nitrogens is 4.